The van der Waals surface area contributed by atoms with Gasteiger partial charge in [0.2, 0.25) is 0 Å². The summed E-state index contributed by atoms with van der Waals surface area (Å²) < 4.78 is 5.61. The van der Waals surface area contributed by atoms with Crippen LogP contribution in [-0.4, -0.2) is 22.2 Å². The average molecular weight is 282 g/mol. The SMILES string of the molecule is CC(Nc1nc2ccccc2o1)C(O)Cc1ccccc1. The maximum Gasteiger partial charge on any atom is 0.295 e. The van der Waals surface area contributed by atoms with Crippen LogP contribution in [-0.2, 0) is 6.42 Å². The first kappa shape index (κ1) is 13.6. The summed E-state index contributed by atoms with van der Waals surface area (Å²) in [6.07, 6.45) is 0.0808. The number of nitrogens with one attached hydrogen (secondary N) is 1. The van der Waals surface area contributed by atoms with Crippen molar-refractivity contribution in [2.24, 2.45) is 0 Å². The number of fused-ring (bicyclic) bond motifs is 1. The number of para-hydroxylation sites is 2. The largest absolute Gasteiger partial charge is 0.424 e. The van der Waals surface area contributed by atoms with Crippen LogP contribution >= 0.6 is 0 Å². The van der Waals surface area contributed by atoms with Crippen molar-refractivity contribution in [3.05, 3.63) is 60.2 Å². The van der Waals surface area contributed by atoms with Crippen molar-refractivity contribution in [2.45, 2.75) is 25.5 Å². The summed E-state index contributed by atoms with van der Waals surface area (Å²) in [7, 11) is 0. The summed E-state index contributed by atoms with van der Waals surface area (Å²) in [6.45, 7) is 1.92. The number of hydrogen-bond acceptors (Lipinski definition) is 4. The van der Waals surface area contributed by atoms with Crippen molar-refractivity contribution in [1.82, 2.24) is 4.98 Å². The summed E-state index contributed by atoms with van der Waals surface area (Å²) in [6, 6.07) is 17.8. The van der Waals surface area contributed by atoms with Gasteiger partial charge in [-0.3, -0.25) is 0 Å². The molecule has 0 aliphatic rings. The molecule has 4 heteroatoms. The first-order valence-electron chi connectivity index (χ1n) is 7.06. The Morgan fingerprint density at radius 2 is 1.81 bits per heavy atom. The molecule has 0 aliphatic carbocycles. The third kappa shape index (κ3) is 3.23. The van der Waals surface area contributed by atoms with Crippen LogP contribution in [0, 0.1) is 0 Å². The Kier molecular flexibility index (Phi) is 3.88. The lowest BCUT2D eigenvalue weighted by Crippen LogP contribution is -2.32. The Morgan fingerprint density at radius 3 is 2.57 bits per heavy atom. The van der Waals surface area contributed by atoms with Crippen molar-refractivity contribution in [1.29, 1.82) is 0 Å². The van der Waals surface area contributed by atoms with Crippen molar-refractivity contribution in [3.63, 3.8) is 0 Å². The van der Waals surface area contributed by atoms with Gasteiger partial charge in [0, 0.05) is 6.42 Å². The maximum atomic E-state index is 10.3. The van der Waals surface area contributed by atoms with Crippen LogP contribution in [0.3, 0.4) is 0 Å². The number of aromatic nitrogens is 1. The van der Waals surface area contributed by atoms with Gasteiger partial charge in [-0.1, -0.05) is 42.5 Å². The van der Waals surface area contributed by atoms with E-state index < -0.39 is 6.10 Å². The number of benzene rings is 2. The summed E-state index contributed by atoms with van der Waals surface area (Å²) >= 11 is 0. The summed E-state index contributed by atoms with van der Waals surface area (Å²) in [5.74, 6) is 0. The minimum atomic E-state index is -0.512. The lowest BCUT2D eigenvalue weighted by atomic mass is 10.0. The highest BCUT2D eigenvalue weighted by molar-refractivity contribution is 5.74. The number of hydrogen-bond donors (Lipinski definition) is 2. The fourth-order valence-corrected chi connectivity index (χ4v) is 2.26. The van der Waals surface area contributed by atoms with E-state index in [1.165, 1.54) is 0 Å². The van der Waals surface area contributed by atoms with Crippen LogP contribution in [0.5, 0.6) is 0 Å². The lowest BCUT2D eigenvalue weighted by Gasteiger charge is -2.19. The number of oxazole rings is 1. The quantitative estimate of drug-likeness (QED) is 0.754. The molecule has 0 fully saturated rings. The van der Waals surface area contributed by atoms with Crippen molar-refractivity contribution in [2.75, 3.05) is 5.32 Å². The van der Waals surface area contributed by atoms with E-state index in [1.807, 2.05) is 61.5 Å². The van der Waals surface area contributed by atoms with Gasteiger partial charge in [-0.2, -0.15) is 4.98 Å². The van der Waals surface area contributed by atoms with Crippen LogP contribution in [0.4, 0.5) is 6.01 Å². The normalized spacial score (nSPS) is 14.0. The molecule has 0 bridgehead atoms. The molecule has 1 aromatic heterocycles. The van der Waals surface area contributed by atoms with Crippen LogP contribution in [0.15, 0.2) is 59.0 Å². The fraction of sp³-hybridized carbons (Fsp3) is 0.235. The van der Waals surface area contributed by atoms with Crippen LogP contribution in [0.1, 0.15) is 12.5 Å². The number of aliphatic hydroxyl groups is 1. The first-order valence-corrected chi connectivity index (χ1v) is 7.06. The molecular weight excluding hydrogens is 264 g/mol. The first-order chi connectivity index (χ1) is 10.2. The van der Waals surface area contributed by atoms with Crippen molar-refractivity contribution in [3.8, 4) is 0 Å². The minimum absolute atomic E-state index is 0.154. The Balaban J connectivity index is 1.66. The number of rotatable bonds is 5. The van der Waals surface area contributed by atoms with E-state index in [0.717, 1.165) is 16.7 Å². The molecule has 21 heavy (non-hydrogen) atoms. The number of aliphatic hydroxyl groups excluding tert-OH is 1. The van der Waals surface area contributed by atoms with Gasteiger partial charge in [0.1, 0.15) is 5.52 Å². The molecule has 0 spiro atoms. The molecule has 3 rings (SSSR count). The van der Waals surface area contributed by atoms with Crippen molar-refractivity contribution < 1.29 is 9.52 Å². The topological polar surface area (TPSA) is 58.3 Å². The lowest BCUT2D eigenvalue weighted by molar-refractivity contribution is 0.157. The fourth-order valence-electron chi connectivity index (χ4n) is 2.26. The molecule has 4 nitrogen and oxygen atoms in total. The summed E-state index contributed by atoms with van der Waals surface area (Å²) in [5, 5.41) is 13.4. The van der Waals surface area contributed by atoms with Crippen molar-refractivity contribution >= 4 is 17.1 Å². The standard InChI is InChI=1S/C17H18N2O2/c1-12(15(20)11-13-7-3-2-4-8-13)18-17-19-14-9-5-6-10-16(14)21-17/h2-10,12,15,20H,11H2,1H3,(H,18,19). The van der Waals surface area contributed by atoms with E-state index in [4.69, 9.17) is 4.42 Å². The van der Waals surface area contributed by atoms with E-state index in [9.17, 15) is 5.11 Å². The van der Waals surface area contributed by atoms with E-state index in [2.05, 4.69) is 10.3 Å². The second-order valence-electron chi connectivity index (χ2n) is 5.18. The Hall–Kier alpha value is -2.33. The Bertz CT molecular complexity index is 676. The van der Waals surface area contributed by atoms with Crippen LogP contribution < -0.4 is 5.32 Å². The van der Waals surface area contributed by atoms with Gasteiger partial charge < -0.3 is 14.8 Å². The zero-order valence-electron chi connectivity index (χ0n) is 11.9. The molecule has 0 saturated heterocycles. The molecule has 0 saturated carbocycles. The predicted molar refractivity (Wildman–Crippen MR) is 83.2 cm³/mol. The summed E-state index contributed by atoms with van der Waals surface area (Å²) in [5.41, 5.74) is 2.66. The average Bonchev–Trinajstić information content (AvgIpc) is 2.90. The van der Waals surface area contributed by atoms with Crippen LogP contribution in [0.25, 0.3) is 11.1 Å². The monoisotopic (exact) mass is 282 g/mol. The van der Waals surface area contributed by atoms with Gasteiger partial charge in [0.15, 0.2) is 5.58 Å². The molecular formula is C17H18N2O2. The van der Waals surface area contributed by atoms with E-state index in [1.54, 1.807) is 0 Å². The highest BCUT2D eigenvalue weighted by Gasteiger charge is 2.17. The van der Waals surface area contributed by atoms with E-state index in [0.29, 0.717) is 12.4 Å². The van der Waals surface area contributed by atoms with E-state index in [-0.39, 0.29) is 6.04 Å². The Labute approximate surface area is 123 Å². The van der Waals surface area contributed by atoms with Gasteiger partial charge in [-0.05, 0) is 24.6 Å². The van der Waals surface area contributed by atoms with Gasteiger partial charge in [-0.25, -0.2) is 0 Å². The molecule has 0 radical (unpaired) electrons. The third-order valence-electron chi connectivity index (χ3n) is 3.51. The molecule has 3 aromatic rings. The maximum absolute atomic E-state index is 10.3. The highest BCUT2D eigenvalue weighted by atomic mass is 16.4. The Morgan fingerprint density at radius 1 is 1.10 bits per heavy atom. The van der Waals surface area contributed by atoms with Gasteiger partial charge in [-0.15, -0.1) is 0 Å². The van der Waals surface area contributed by atoms with Gasteiger partial charge in [0.05, 0.1) is 12.1 Å². The molecule has 2 atom stereocenters. The second-order valence-corrected chi connectivity index (χ2v) is 5.18. The minimum Gasteiger partial charge on any atom is -0.424 e. The number of anilines is 1. The molecule has 2 unspecified atom stereocenters. The van der Waals surface area contributed by atoms with Crippen LogP contribution in [0.2, 0.25) is 0 Å². The van der Waals surface area contributed by atoms with E-state index >= 15 is 0 Å². The molecule has 2 N–H and O–H groups in total. The molecule has 0 aliphatic heterocycles. The second kappa shape index (κ2) is 5.97. The molecule has 2 aromatic carbocycles. The van der Waals surface area contributed by atoms with Gasteiger partial charge in [0.25, 0.3) is 6.01 Å². The highest BCUT2D eigenvalue weighted by Crippen LogP contribution is 2.19. The third-order valence-corrected chi connectivity index (χ3v) is 3.51. The summed E-state index contributed by atoms with van der Waals surface area (Å²) in [4.78, 5) is 4.35. The van der Waals surface area contributed by atoms with Gasteiger partial charge >= 0.3 is 0 Å². The number of nitrogens with zero attached hydrogens (tertiary/aromatic N) is 1. The predicted octanol–water partition coefficient (Wildman–Crippen LogP) is 3.23. The molecule has 108 valence electrons. The zero-order valence-corrected chi connectivity index (χ0v) is 11.9. The molecule has 0 amide bonds. The molecule has 1 heterocycles. The smallest absolute Gasteiger partial charge is 0.295 e. The zero-order chi connectivity index (χ0) is 14.7.